The van der Waals surface area contributed by atoms with Crippen molar-refractivity contribution in [3.05, 3.63) is 71.7 Å². The summed E-state index contributed by atoms with van der Waals surface area (Å²) in [6.07, 6.45) is 1.52. The van der Waals surface area contributed by atoms with Crippen LogP contribution in [0.2, 0.25) is 0 Å². The van der Waals surface area contributed by atoms with Gasteiger partial charge in [-0.3, -0.25) is 0 Å². The van der Waals surface area contributed by atoms with Crippen molar-refractivity contribution in [1.82, 2.24) is 8.96 Å². The zero-order chi connectivity index (χ0) is 21.5. The van der Waals surface area contributed by atoms with Gasteiger partial charge in [-0.15, -0.1) is 0 Å². The average molecular weight is 424 g/mol. The van der Waals surface area contributed by atoms with Crippen LogP contribution in [0.1, 0.15) is 28.7 Å². The molecule has 0 amide bonds. The molecule has 4 rings (SSSR count). The van der Waals surface area contributed by atoms with E-state index in [1.54, 1.807) is 62.4 Å². The Balaban J connectivity index is 1.80. The van der Waals surface area contributed by atoms with Gasteiger partial charge in [0, 0.05) is 17.1 Å². The fraction of sp³-hybridized carbons (Fsp3) is 0.182. The smallest absolute Gasteiger partial charge is 0.360 e. The van der Waals surface area contributed by atoms with Crippen molar-refractivity contribution in [2.75, 3.05) is 6.61 Å². The SMILES string of the molecule is CCOC(=O)c1nc(-c2ccc3ccn(S(=O)(=O)c4ccc(C)cc4)c3c2)oc1C. The number of nitrogens with zero attached hydrogens (tertiary/aromatic N) is 2. The van der Waals surface area contributed by atoms with E-state index in [1.165, 1.54) is 10.2 Å². The second kappa shape index (κ2) is 7.46. The monoisotopic (exact) mass is 424 g/mol. The number of esters is 1. The van der Waals surface area contributed by atoms with Gasteiger partial charge in [0.15, 0.2) is 5.69 Å². The first-order valence-corrected chi connectivity index (χ1v) is 10.8. The molecule has 0 atom stereocenters. The number of carbonyl (C=O) groups is 1. The number of fused-ring (bicyclic) bond motifs is 1. The molecule has 0 bridgehead atoms. The highest BCUT2D eigenvalue weighted by molar-refractivity contribution is 7.90. The van der Waals surface area contributed by atoms with Gasteiger partial charge in [0.2, 0.25) is 5.89 Å². The molecule has 0 saturated heterocycles. The van der Waals surface area contributed by atoms with Crippen molar-refractivity contribution < 1.29 is 22.4 Å². The van der Waals surface area contributed by atoms with E-state index in [1.807, 2.05) is 6.92 Å². The molecule has 0 unspecified atom stereocenters. The Hall–Kier alpha value is -3.39. The van der Waals surface area contributed by atoms with Gasteiger partial charge in [-0.05, 0) is 51.1 Å². The second-order valence-corrected chi connectivity index (χ2v) is 8.66. The maximum absolute atomic E-state index is 13.2. The summed E-state index contributed by atoms with van der Waals surface area (Å²) in [6.45, 7) is 5.48. The highest BCUT2D eigenvalue weighted by Gasteiger charge is 2.22. The first-order chi connectivity index (χ1) is 14.3. The summed E-state index contributed by atoms with van der Waals surface area (Å²) in [7, 11) is -3.77. The van der Waals surface area contributed by atoms with Crippen LogP contribution in [0.15, 0.2) is 64.0 Å². The van der Waals surface area contributed by atoms with E-state index in [0.717, 1.165) is 10.9 Å². The lowest BCUT2D eigenvalue weighted by atomic mass is 10.1. The Morgan fingerprint density at radius 3 is 2.53 bits per heavy atom. The molecular weight excluding hydrogens is 404 g/mol. The van der Waals surface area contributed by atoms with Crippen LogP contribution in [0, 0.1) is 13.8 Å². The second-order valence-electron chi connectivity index (χ2n) is 6.85. The molecule has 7 nitrogen and oxygen atoms in total. The standard InChI is InChI=1S/C22H20N2O5S/c1-4-28-22(25)20-15(3)29-21(23-20)17-8-7-16-11-12-24(19(16)13-17)30(26,27)18-9-5-14(2)6-10-18/h5-13H,4H2,1-3H3. The van der Waals surface area contributed by atoms with E-state index < -0.39 is 16.0 Å². The van der Waals surface area contributed by atoms with Crippen LogP contribution in [0.5, 0.6) is 0 Å². The van der Waals surface area contributed by atoms with Crippen LogP contribution in [-0.2, 0) is 14.8 Å². The minimum absolute atomic E-state index is 0.106. The lowest BCUT2D eigenvalue weighted by Gasteiger charge is -2.08. The number of aryl methyl sites for hydroxylation is 2. The topological polar surface area (TPSA) is 91.4 Å². The van der Waals surface area contributed by atoms with Crippen molar-refractivity contribution in [2.24, 2.45) is 0 Å². The molecule has 0 spiro atoms. The number of hydrogen-bond donors (Lipinski definition) is 0. The molecule has 2 aromatic heterocycles. The lowest BCUT2D eigenvalue weighted by Crippen LogP contribution is -2.11. The van der Waals surface area contributed by atoms with Gasteiger partial charge in [-0.1, -0.05) is 23.8 Å². The van der Waals surface area contributed by atoms with Crippen molar-refractivity contribution in [3.8, 4) is 11.5 Å². The minimum Gasteiger partial charge on any atom is -0.461 e. The Kier molecular flexibility index (Phi) is 4.95. The number of aromatic nitrogens is 2. The normalized spacial score (nSPS) is 11.7. The molecule has 2 heterocycles. The van der Waals surface area contributed by atoms with Crippen molar-refractivity contribution in [2.45, 2.75) is 25.7 Å². The van der Waals surface area contributed by atoms with Crippen molar-refractivity contribution in [1.29, 1.82) is 0 Å². The zero-order valence-electron chi connectivity index (χ0n) is 16.7. The van der Waals surface area contributed by atoms with Crippen LogP contribution in [0.3, 0.4) is 0 Å². The highest BCUT2D eigenvalue weighted by Crippen LogP contribution is 2.29. The van der Waals surface area contributed by atoms with Gasteiger partial charge < -0.3 is 9.15 Å². The molecule has 0 saturated carbocycles. The number of carbonyl (C=O) groups excluding carboxylic acids is 1. The van der Waals surface area contributed by atoms with Gasteiger partial charge in [0.05, 0.1) is 17.0 Å². The molecule has 154 valence electrons. The quantitative estimate of drug-likeness (QED) is 0.443. The zero-order valence-corrected chi connectivity index (χ0v) is 17.6. The predicted octanol–water partition coefficient (Wildman–Crippen LogP) is 4.33. The first kappa shape index (κ1) is 19.9. The van der Waals surface area contributed by atoms with Gasteiger partial charge >= 0.3 is 5.97 Å². The maximum atomic E-state index is 13.2. The Morgan fingerprint density at radius 2 is 1.83 bits per heavy atom. The van der Waals surface area contributed by atoms with E-state index >= 15 is 0 Å². The van der Waals surface area contributed by atoms with Crippen LogP contribution >= 0.6 is 0 Å². The summed E-state index contributed by atoms with van der Waals surface area (Å²) in [5, 5.41) is 0.753. The number of ether oxygens (including phenoxy) is 1. The molecule has 8 heteroatoms. The van der Waals surface area contributed by atoms with E-state index in [4.69, 9.17) is 9.15 Å². The fourth-order valence-electron chi connectivity index (χ4n) is 3.18. The molecule has 0 fully saturated rings. The molecule has 2 aromatic carbocycles. The van der Waals surface area contributed by atoms with Gasteiger partial charge in [-0.25, -0.2) is 22.2 Å². The van der Waals surface area contributed by atoms with Crippen molar-refractivity contribution >= 4 is 26.9 Å². The van der Waals surface area contributed by atoms with E-state index in [-0.39, 0.29) is 23.1 Å². The third-order valence-corrected chi connectivity index (χ3v) is 6.45. The van der Waals surface area contributed by atoms with Crippen LogP contribution in [-0.4, -0.2) is 30.0 Å². The number of oxazole rings is 1. The molecule has 0 aliphatic carbocycles. The summed E-state index contributed by atoms with van der Waals surface area (Å²) >= 11 is 0. The third kappa shape index (κ3) is 3.39. The summed E-state index contributed by atoms with van der Waals surface area (Å²) in [5.74, 6) is 0.000505. The summed E-state index contributed by atoms with van der Waals surface area (Å²) in [5.41, 5.74) is 2.13. The van der Waals surface area contributed by atoms with E-state index in [0.29, 0.717) is 16.8 Å². The van der Waals surface area contributed by atoms with Crippen molar-refractivity contribution in [3.63, 3.8) is 0 Å². The number of hydrogen-bond acceptors (Lipinski definition) is 6. The van der Waals surface area contributed by atoms with Crippen LogP contribution < -0.4 is 0 Å². The Bertz CT molecular complexity index is 1350. The number of rotatable bonds is 5. The van der Waals surface area contributed by atoms with Gasteiger partial charge in [0.25, 0.3) is 10.0 Å². The van der Waals surface area contributed by atoms with Gasteiger partial charge in [-0.2, -0.15) is 0 Å². The minimum atomic E-state index is -3.77. The molecule has 0 radical (unpaired) electrons. The van der Waals surface area contributed by atoms with E-state index in [2.05, 4.69) is 4.98 Å². The number of benzene rings is 2. The lowest BCUT2D eigenvalue weighted by molar-refractivity contribution is 0.0518. The average Bonchev–Trinajstić information content (AvgIpc) is 3.32. The molecule has 0 aliphatic heterocycles. The van der Waals surface area contributed by atoms with Gasteiger partial charge in [0.1, 0.15) is 5.76 Å². The predicted molar refractivity (Wildman–Crippen MR) is 112 cm³/mol. The summed E-state index contributed by atoms with van der Waals surface area (Å²) in [4.78, 5) is 16.5. The van der Waals surface area contributed by atoms with E-state index in [9.17, 15) is 13.2 Å². The largest absolute Gasteiger partial charge is 0.461 e. The molecule has 4 aromatic rings. The van der Waals surface area contributed by atoms with Crippen LogP contribution in [0.25, 0.3) is 22.4 Å². The molecular formula is C22H20N2O5S. The first-order valence-electron chi connectivity index (χ1n) is 9.39. The maximum Gasteiger partial charge on any atom is 0.360 e. The third-order valence-electron chi connectivity index (χ3n) is 4.75. The Morgan fingerprint density at radius 1 is 1.10 bits per heavy atom. The summed E-state index contributed by atoms with van der Waals surface area (Å²) < 4.78 is 38.2. The molecule has 0 aliphatic rings. The molecule has 0 N–H and O–H groups in total. The summed E-state index contributed by atoms with van der Waals surface area (Å²) in [6, 6.07) is 13.7. The Labute approximate surface area is 174 Å². The fourth-order valence-corrected chi connectivity index (χ4v) is 4.52. The molecule has 30 heavy (non-hydrogen) atoms. The highest BCUT2D eigenvalue weighted by atomic mass is 32.2. The van der Waals surface area contributed by atoms with Crippen LogP contribution in [0.4, 0.5) is 0 Å².